The van der Waals surface area contributed by atoms with Crippen LogP contribution in [0.5, 0.6) is 0 Å². The summed E-state index contributed by atoms with van der Waals surface area (Å²) in [5, 5.41) is 10.0. The predicted octanol–water partition coefficient (Wildman–Crippen LogP) is 0.338. The molecule has 1 rings (SSSR count). The lowest BCUT2D eigenvalue weighted by Gasteiger charge is -2.27. The molecule has 1 unspecified atom stereocenters. The first kappa shape index (κ1) is 8.92. The van der Waals surface area contributed by atoms with Crippen LogP contribution in [0.2, 0.25) is 0 Å². The Labute approximate surface area is 67.6 Å². The minimum Gasteiger partial charge on any atom is -0.480 e. The molecule has 1 aliphatic rings. The number of rotatable bonds is 2. The summed E-state index contributed by atoms with van der Waals surface area (Å²) in [6.07, 6.45) is 2.50. The number of alkyl halides is 2. The van der Waals surface area contributed by atoms with E-state index in [9.17, 15) is 13.6 Å². The molecule has 4 nitrogen and oxygen atoms in total. The third kappa shape index (κ3) is 1.38. The van der Waals surface area contributed by atoms with Crippen molar-refractivity contribution >= 4 is 5.97 Å². The Morgan fingerprint density at radius 3 is 2.58 bits per heavy atom. The van der Waals surface area contributed by atoms with Crippen molar-refractivity contribution in [2.24, 2.45) is 0 Å². The molecule has 0 aliphatic carbocycles. The third-order valence-electron chi connectivity index (χ3n) is 1.59. The molecule has 1 heterocycles. The molecule has 12 heavy (non-hydrogen) atoms. The van der Waals surface area contributed by atoms with E-state index in [1.54, 1.807) is 0 Å². The minimum absolute atomic E-state index is 0.475. The summed E-state index contributed by atoms with van der Waals surface area (Å²) in [5.74, 6) is -1.28. The van der Waals surface area contributed by atoms with E-state index in [2.05, 4.69) is 0 Å². The number of hydrazine groups is 1. The number of carbonyl (C=O) groups is 1. The summed E-state index contributed by atoms with van der Waals surface area (Å²) in [5.41, 5.74) is 0. The Balaban J connectivity index is 2.76. The molecule has 0 aromatic heterocycles. The molecule has 0 aromatic rings. The van der Waals surface area contributed by atoms with Gasteiger partial charge < -0.3 is 10.1 Å². The van der Waals surface area contributed by atoms with Crippen molar-refractivity contribution in [2.45, 2.75) is 12.6 Å². The average Bonchev–Trinajstić information content (AvgIpc) is 2.30. The average molecular weight is 178 g/mol. The van der Waals surface area contributed by atoms with Crippen molar-refractivity contribution in [3.05, 3.63) is 12.3 Å². The Morgan fingerprint density at radius 2 is 2.25 bits per heavy atom. The first-order valence-corrected chi connectivity index (χ1v) is 3.24. The second-order valence-electron chi connectivity index (χ2n) is 2.36. The largest absolute Gasteiger partial charge is 0.480 e. The zero-order valence-electron chi connectivity index (χ0n) is 6.32. The summed E-state index contributed by atoms with van der Waals surface area (Å²) in [6, 6.07) is -1.25. The summed E-state index contributed by atoms with van der Waals surface area (Å²) in [6.45, 7) is -2.80. The van der Waals surface area contributed by atoms with Gasteiger partial charge in [0.2, 0.25) is 0 Å². The van der Waals surface area contributed by atoms with Gasteiger partial charge in [0.15, 0.2) is 6.04 Å². The van der Waals surface area contributed by atoms with Gasteiger partial charge in [0.25, 0.3) is 0 Å². The number of halogens is 2. The summed E-state index contributed by atoms with van der Waals surface area (Å²) >= 11 is 0. The summed E-state index contributed by atoms with van der Waals surface area (Å²) < 4.78 is 24.4. The third-order valence-corrected chi connectivity index (χ3v) is 1.59. The standard InChI is InChI=1S/C6H8F2N2O2/c1-9-3-2-4(5(11)12)10(9)6(7)8/h2-4,6H,1H3,(H,11,12). The van der Waals surface area contributed by atoms with Gasteiger partial charge in [0.1, 0.15) is 0 Å². The van der Waals surface area contributed by atoms with Crippen LogP contribution in [0.15, 0.2) is 12.3 Å². The van der Waals surface area contributed by atoms with E-state index in [-0.39, 0.29) is 0 Å². The number of carboxylic acid groups (broad SMARTS) is 1. The summed E-state index contributed by atoms with van der Waals surface area (Å²) in [7, 11) is 1.37. The molecule has 0 fully saturated rings. The number of hydrogen-bond acceptors (Lipinski definition) is 3. The Morgan fingerprint density at radius 1 is 1.67 bits per heavy atom. The van der Waals surface area contributed by atoms with Gasteiger partial charge in [-0.2, -0.15) is 8.78 Å². The fourth-order valence-corrected chi connectivity index (χ4v) is 1.02. The van der Waals surface area contributed by atoms with Crippen LogP contribution >= 0.6 is 0 Å². The molecule has 0 bridgehead atoms. The molecule has 1 N–H and O–H groups in total. The van der Waals surface area contributed by atoms with Crippen molar-refractivity contribution in [3.63, 3.8) is 0 Å². The monoisotopic (exact) mass is 178 g/mol. The second kappa shape index (κ2) is 3.06. The van der Waals surface area contributed by atoms with Crippen LogP contribution in [0.25, 0.3) is 0 Å². The van der Waals surface area contributed by atoms with Crippen LogP contribution in [0.3, 0.4) is 0 Å². The van der Waals surface area contributed by atoms with Gasteiger partial charge in [-0.15, -0.1) is 5.01 Å². The van der Waals surface area contributed by atoms with Gasteiger partial charge in [-0.25, -0.2) is 0 Å². The van der Waals surface area contributed by atoms with Crippen LogP contribution in [-0.4, -0.2) is 40.7 Å². The highest BCUT2D eigenvalue weighted by molar-refractivity contribution is 5.76. The smallest absolute Gasteiger partial charge is 0.327 e. The van der Waals surface area contributed by atoms with Gasteiger partial charge in [-0.3, -0.25) is 4.79 Å². The summed E-state index contributed by atoms with van der Waals surface area (Å²) in [4.78, 5) is 10.4. The lowest BCUT2D eigenvalue weighted by atomic mass is 10.3. The van der Waals surface area contributed by atoms with Gasteiger partial charge in [-0.05, 0) is 6.08 Å². The first-order valence-electron chi connectivity index (χ1n) is 3.24. The second-order valence-corrected chi connectivity index (χ2v) is 2.36. The maximum atomic E-state index is 12.2. The highest BCUT2D eigenvalue weighted by Crippen LogP contribution is 2.18. The van der Waals surface area contributed by atoms with Crippen molar-refractivity contribution in [2.75, 3.05) is 7.05 Å². The van der Waals surface area contributed by atoms with E-state index in [0.717, 1.165) is 5.01 Å². The van der Waals surface area contributed by atoms with Crippen LogP contribution in [0.1, 0.15) is 0 Å². The van der Waals surface area contributed by atoms with E-state index in [1.807, 2.05) is 0 Å². The highest BCUT2D eigenvalue weighted by Gasteiger charge is 2.35. The lowest BCUT2D eigenvalue weighted by molar-refractivity contribution is -0.166. The maximum absolute atomic E-state index is 12.2. The minimum atomic E-state index is -2.80. The molecule has 0 radical (unpaired) electrons. The van der Waals surface area contributed by atoms with Crippen LogP contribution < -0.4 is 0 Å². The number of aliphatic carboxylic acids is 1. The van der Waals surface area contributed by atoms with Gasteiger partial charge in [0.05, 0.1) is 0 Å². The number of carboxylic acids is 1. The lowest BCUT2D eigenvalue weighted by Crippen LogP contribution is -2.46. The van der Waals surface area contributed by atoms with E-state index in [1.165, 1.54) is 19.3 Å². The van der Waals surface area contributed by atoms with E-state index in [4.69, 9.17) is 5.11 Å². The first-order chi connectivity index (χ1) is 5.54. The van der Waals surface area contributed by atoms with Crippen LogP contribution in [0, 0.1) is 0 Å². The molecular weight excluding hydrogens is 170 g/mol. The molecule has 68 valence electrons. The van der Waals surface area contributed by atoms with Crippen molar-refractivity contribution in [3.8, 4) is 0 Å². The van der Waals surface area contributed by atoms with Gasteiger partial charge in [0, 0.05) is 13.2 Å². The molecule has 0 aromatic carbocycles. The SMILES string of the molecule is CN1C=CC(C(=O)O)N1C(F)F. The Hall–Kier alpha value is -1.17. The topological polar surface area (TPSA) is 43.8 Å². The van der Waals surface area contributed by atoms with E-state index >= 15 is 0 Å². The Bertz CT molecular complexity index is 220. The van der Waals surface area contributed by atoms with Crippen LogP contribution in [0.4, 0.5) is 8.78 Å². The van der Waals surface area contributed by atoms with Crippen LogP contribution in [-0.2, 0) is 4.79 Å². The Kier molecular flexibility index (Phi) is 2.27. The molecule has 0 saturated heterocycles. The number of hydrogen-bond donors (Lipinski definition) is 1. The predicted molar refractivity (Wildman–Crippen MR) is 36.2 cm³/mol. The molecule has 6 heteroatoms. The fourth-order valence-electron chi connectivity index (χ4n) is 1.02. The normalized spacial score (nSPS) is 24.0. The van der Waals surface area contributed by atoms with Crippen molar-refractivity contribution < 1.29 is 18.7 Å². The fraction of sp³-hybridized carbons (Fsp3) is 0.500. The maximum Gasteiger partial charge on any atom is 0.327 e. The van der Waals surface area contributed by atoms with Gasteiger partial charge in [-0.1, -0.05) is 0 Å². The zero-order chi connectivity index (χ0) is 9.30. The molecule has 0 spiro atoms. The highest BCUT2D eigenvalue weighted by atomic mass is 19.3. The van der Waals surface area contributed by atoms with E-state index in [0.29, 0.717) is 5.01 Å². The molecule has 0 saturated carbocycles. The molecule has 1 aliphatic heterocycles. The van der Waals surface area contributed by atoms with Crippen molar-refractivity contribution in [1.82, 2.24) is 10.0 Å². The van der Waals surface area contributed by atoms with E-state index < -0.39 is 18.6 Å². The molecule has 0 amide bonds. The van der Waals surface area contributed by atoms with Crippen molar-refractivity contribution in [1.29, 1.82) is 0 Å². The van der Waals surface area contributed by atoms with Gasteiger partial charge >= 0.3 is 12.5 Å². The molecular formula is C6H8F2N2O2. The zero-order valence-corrected chi connectivity index (χ0v) is 6.32. The molecule has 1 atom stereocenters. The number of nitrogens with zero attached hydrogens (tertiary/aromatic N) is 2. The quantitative estimate of drug-likeness (QED) is 0.619.